The van der Waals surface area contributed by atoms with Gasteiger partial charge in [-0.05, 0) is 23.7 Å². The molecule has 0 radical (unpaired) electrons. The van der Waals surface area contributed by atoms with Crippen LogP contribution in [-0.4, -0.2) is 33.3 Å². The standard InChI is InChI=1S/C20H28O4Si/c1-19(2,3)25(4,5)23-14-10-9-13-20(16-22-18(21)24-20)15-17-11-7-6-8-12-17/h6-8,11-12H,10,14-16H2,1-5H3. The van der Waals surface area contributed by atoms with Crippen molar-refractivity contribution in [2.24, 2.45) is 0 Å². The molecule has 1 aromatic carbocycles. The maximum atomic E-state index is 11.4. The maximum absolute atomic E-state index is 11.4. The fraction of sp³-hybridized carbons (Fsp3) is 0.550. The smallest absolute Gasteiger partial charge is 0.429 e. The van der Waals surface area contributed by atoms with E-state index in [-0.39, 0.29) is 11.6 Å². The molecule has 25 heavy (non-hydrogen) atoms. The van der Waals surface area contributed by atoms with Crippen molar-refractivity contribution in [1.82, 2.24) is 0 Å². The number of carbonyl (C=O) groups is 1. The van der Waals surface area contributed by atoms with E-state index in [1.807, 2.05) is 30.3 Å². The van der Waals surface area contributed by atoms with E-state index in [1.165, 1.54) is 0 Å². The van der Waals surface area contributed by atoms with Crippen molar-refractivity contribution in [3.8, 4) is 11.8 Å². The summed E-state index contributed by atoms with van der Waals surface area (Å²) in [5, 5.41) is 0.184. The minimum Gasteiger partial charge on any atom is -0.429 e. The molecule has 0 saturated carbocycles. The van der Waals surface area contributed by atoms with Crippen LogP contribution in [0.2, 0.25) is 18.1 Å². The summed E-state index contributed by atoms with van der Waals surface area (Å²) < 4.78 is 16.5. The average Bonchev–Trinajstić information content (AvgIpc) is 2.88. The molecule has 0 aromatic heterocycles. The summed E-state index contributed by atoms with van der Waals surface area (Å²) in [7, 11) is -1.75. The third-order valence-corrected chi connectivity index (χ3v) is 9.38. The number of hydrogen-bond donors (Lipinski definition) is 0. The van der Waals surface area contributed by atoms with Gasteiger partial charge in [0, 0.05) is 19.4 Å². The Labute approximate surface area is 152 Å². The summed E-state index contributed by atoms with van der Waals surface area (Å²) in [5.74, 6) is 6.24. The minimum absolute atomic E-state index is 0.164. The number of cyclic esters (lactones) is 2. The van der Waals surface area contributed by atoms with Crippen molar-refractivity contribution >= 4 is 14.5 Å². The largest absolute Gasteiger partial charge is 0.510 e. The SMILES string of the molecule is CC(C)(C)[Si](C)(C)OCCC#CC1(Cc2ccccc2)COC(=O)O1. The first-order valence-electron chi connectivity index (χ1n) is 8.67. The second-order valence-corrected chi connectivity index (χ2v) is 12.8. The Morgan fingerprint density at radius 3 is 2.48 bits per heavy atom. The van der Waals surface area contributed by atoms with Gasteiger partial charge in [-0.25, -0.2) is 4.79 Å². The van der Waals surface area contributed by atoms with Crippen LogP contribution in [0.5, 0.6) is 0 Å². The van der Waals surface area contributed by atoms with Crippen LogP contribution >= 0.6 is 0 Å². The Hall–Kier alpha value is -1.77. The van der Waals surface area contributed by atoms with Crippen molar-refractivity contribution in [2.75, 3.05) is 13.2 Å². The zero-order valence-electron chi connectivity index (χ0n) is 15.8. The highest BCUT2D eigenvalue weighted by atomic mass is 28.4. The quantitative estimate of drug-likeness (QED) is 0.334. The van der Waals surface area contributed by atoms with E-state index in [9.17, 15) is 4.79 Å². The number of carbonyl (C=O) groups excluding carboxylic acids is 1. The van der Waals surface area contributed by atoms with Gasteiger partial charge >= 0.3 is 6.16 Å². The van der Waals surface area contributed by atoms with Gasteiger partial charge in [-0.1, -0.05) is 62.9 Å². The summed E-state index contributed by atoms with van der Waals surface area (Å²) in [6.45, 7) is 11.9. The molecule has 0 spiro atoms. The molecule has 0 aliphatic carbocycles. The predicted octanol–water partition coefficient (Wildman–Crippen LogP) is 4.55. The van der Waals surface area contributed by atoms with E-state index in [0.29, 0.717) is 19.4 Å². The Bertz CT molecular complexity index is 652. The molecular weight excluding hydrogens is 332 g/mol. The van der Waals surface area contributed by atoms with Gasteiger partial charge in [-0.3, -0.25) is 0 Å². The second-order valence-electron chi connectivity index (χ2n) is 7.96. The molecule has 5 heteroatoms. The van der Waals surface area contributed by atoms with E-state index < -0.39 is 20.1 Å². The highest BCUT2D eigenvalue weighted by Crippen LogP contribution is 2.36. The number of benzene rings is 1. The highest BCUT2D eigenvalue weighted by Gasteiger charge is 2.41. The van der Waals surface area contributed by atoms with Crippen LogP contribution in [0.1, 0.15) is 32.8 Å². The van der Waals surface area contributed by atoms with Crippen LogP contribution in [0.25, 0.3) is 0 Å². The fourth-order valence-corrected chi connectivity index (χ4v) is 3.36. The first-order chi connectivity index (χ1) is 11.6. The molecule has 1 fully saturated rings. The predicted molar refractivity (Wildman–Crippen MR) is 101 cm³/mol. The fourth-order valence-electron chi connectivity index (χ4n) is 2.31. The van der Waals surface area contributed by atoms with Crippen molar-refractivity contribution in [2.45, 2.75) is 57.3 Å². The van der Waals surface area contributed by atoms with Crippen LogP contribution in [-0.2, 0) is 20.3 Å². The molecular formula is C20H28O4Si. The van der Waals surface area contributed by atoms with Gasteiger partial charge in [0.25, 0.3) is 0 Å². The van der Waals surface area contributed by atoms with E-state index >= 15 is 0 Å². The lowest BCUT2D eigenvalue weighted by Gasteiger charge is -2.35. The van der Waals surface area contributed by atoms with Crippen LogP contribution in [0.3, 0.4) is 0 Å². The Morgan fingerprint density at radius 2 is 1.92 bits per heavy atom. The molecule has 4 nitrogen and oxygen atoms in total. The first kappa shape index (κ1) is 19.6. The van der Waals surface area contributed by atoms with Gasteiger partial charge in [0.05, 0.1) is 0 Å². The third kappa shape index (κ3) is 5.35. The molecule has 1 aliphatic heterocycles. The lowest BCUT2D eigenvalue weighted by molar-refractivity contribution is 0.0947. The van der Waals surface area contributed by atoms with Crippen LogP contribution in [0.4, 0.5) is 4.79 Å². The van der Waals surface area contributed by atoms with Gasteiger partial charge in [0.2, 0.25) is 5.60 Å². The second kappa shape index (κ2) is 7.63. The molecule has 0 amide bonds. The number of hydrogen-bond acceptors (Lipinski definition) is 4. The monoisotopic (exact) mass is 360 g/mol. The molecule has 136 valence electrons. The summed E-state index contributed by atoms with van der Waals surface area (Å²) >= 11 is 0. The molecule has 1 aromatic rings. The lowest BCUT2D eigenvalue weighted by atomic mass is 9.96. The molecule has 1 unspecified atom stereocenters. The Balaban J connectivity index is 1.98. The van der Waals surface area contributed by atoms with Crippen molar-refractivity contribution in [1.29, 1.82) is 0 Å². The minimum atomic E-state index is -1.75. The van der Waals surface area contributed by atoms with E-state index in [0.717, 1.165) is 5.56 Å². The zero-order chi connectivity index (χ0) is 18.6. The molecule has 2 rings (SSSR count). The van der Waals surface area contributed by atoms with Crippen LogP contribution in [0.15, 0.2) is 30.3 Å². The molecule has 0 N–H and O–H groups in total. The van der Waals surface area contributed by atoms with E-state index in [4.69, 9.17) is 13.9 Å². The van der Waals surface area contributed by atoms with Gasteiger partial charge < -0.3 is 13.9 Å². The Morgan fingerprint density at radius 1 is 1.24 bits per heavy atom. The third-order valence-electron chi connectivity index (χ3n) is 4.85. The summed E-state index contributed by atoms with van der Waals surface area (Å²) in [6, 6.07) is 9.87. The normalized spacial score (nSPS) is 20.4. The van der Waals surface area contributed by atoms with Gasteiger partial charge in [-0.15, -0.1) is 0 Å². The Kier molecular flexibility index (Phi) is 5.97. The van der Waals surface area contributed by atoms with E-state index in [1.54, 1.807) is 0 Å². The van der Waals surface area contributed by atoms with Crippen molar-refractivity contribution in [3.05, 3.63) is 35.9 Å². The average molecular weight is 361 g/mol. The number of rotatable bonds is 5. The molecule has 1 aliphatic rings. The van der Waals surface area contributed by atoms with Gasteiger partial charge in [0.1, 0.15) is 6.61 Å². The van der Waals surface area contributed by atoms with Gasteiger partial charge in [0.15, 0.2) is 8.32 Å². The van der Waals surface area contributed by atoms with Crippen molar-refractivity contribution < 1.29 is 18.7 Å². The lowest BCUT2D eigenvalue weighted by Crippen LogP contribution is -2.40. The zero-order valence-corrected chi connectivity index (χ0v) is 16.8. The highest BCUT2D eigenvalue weighted by molar-refractivity contribution is 6.74. The molecule has 1 heterocycles. The number of ether oxygens (including phenoxy) is 2. The maximum Gasteiger partial charge on any atom is 0.510 e. The molecule has 0 bridgehead atoms. The van der Waals surface area contributed by atoms with Crippen molar-refractivity contribution in [3.63, 3.8) is 0 Å². The van der Waals surface area contributed by atoms with Crippen LogP contribution < -0.4 is 0 Å². The topological polar surface area (TPSA) is 44.8 Å². The van der Waals surface area contributed by atoms with Gasteiger partial charge in [-0.2, -0.15) is 0 Å². The summed E-state index contributed by atoms with van der Waals surface area (Å²) in [6.07, 6.45) is 0.485. The summed E-state index contributed by atoms with van der Waals surface area (Å²) in [4.78, 5) is 11.4. The van der Waals surface area contributed by atoms with E-state index in [2.05, 4.69) is 45.7 Å². The first-order valence-corrected chi connectivity index (χ1v) is 11.6. The molecule has 1 saturated heterocycles. The molecule has 1 atom stereocenters. The summed E-state index contributed by atoms with van der Waals surface area (Å²) in [5.41, 5.74) is 0.169. The van der Waals surface area contributed by atoms with Crippen LogP contribution in [0, 0.1) is 11.8 Å².